The molecule has 0 unspecified atom stereocenters. The summed E-state index contributed by atoms with van der Waals surface area (Å²) >= 11 is 0. The standard InChI is InChI=1S/C18H26/c1-14(2)17-11-9-15(3)18(13-17)12-10-16-7-5-4-6-8-16/h4-8,15,17-18H,1,9-13H2,2-3H3/t15-,17-,18-/m1/s1. The fourth-order valence-electron chi connectivity index (χ4n) is 3.26. The van der Waals surface area contributed by atoms with Crippen LogP contribution in [0.2, 0.25) is 0 Å². The van der Waals surface area contributed by atoms with Gasteiger partial charge < -0.3 is 0 Å². The molecule has 1 saturated carbocycles. The number of rotatable bonds is 4. The van der Waals surface area contributed by atoms with E-state index in [0.717, 1.165) is 17.8 Å². The highest BCUT2D eigenvalue weighted by Crippen LogP contribution is 2.38. The van der Waals surface area contributed by atoms with E-state index in [1.807, 2.05) is 0 Å². The third-order valence-electron chi connectivity index (χ3n) is 4.71. The van der Waals surface area contributed by atoms with Gasteiger partial charge in [0.15, 0.2) is 0 Å². The Morgan fingerprint density at radius 2 is 1.94 bits per heavy atom. The monoisotopic (exact) mass is 242 g/mol. The van der Waals surface area contributed by atoms with Gasteiger partial charge in [-0.2, -0.15) is 0 Å². The maximum absolute atomic E-state index is 4.16. The summed E-state index contributed by atoms with van der Waals surface area (Å²) in [6.45, 7) is 8.79. The van der Waals surface area contributed by atoms with E-state index in [2.05, 4.69) is 50.8 Å². The van der Waals surface area contributed by atoms with Crippen LogP contribution >= 0.6 is 0 Å². The number of benzene rings is 1. The van der Waals surface area contributed by atoms with Gasteiger partial charge in [0.25, 0.3) is 0 Å². The van der Waals surface area contributed by atoms with E-state index in [9.17, 15) is 0 Å². The molecule has 0 spiro atoms. The minimum atomic E-state index is 0.780. The second-order valence-corrected chi connectivity index (χ2v) is 6.12. The van der Waals surface area contributed by atoms with Gasteiger partial charge in [0.1, 0.15) is 0 Å². The lowest BCUT2D eigenvalue weighted by Crippen LogP contribution is -2.24. The Hall–Kier alpha value is -1.04. The average molecular weight is 242 g/mol. The van der Waals surface area contributed by atoms with Crippen molar-refractivity contribution in [1.29, 1.82) is 0 Å². The lowest BCUT2D eigenvalue weighted by atomic mass is 9.71. The Morgan fingerprint density at radius 3 is 2.61 bits per heavy atom. The van der Waals surface area contributed by atoms with E-state index in [1.165, 1.54) is 43.2 Å². The highest BCUT2D eigenvalue weighted by atomic mass is 14.3. The van der Waals surface area contributed by atoms with Gasteiger partial charge in [-0.05, 0) is 62.3 Å². The molecule has 18 heavy (non-hydrogen) atoms. The molecule has 2 rings (SSSR count). The molecule has 3 atom stereocenters. The van der Waals surface area contributed by atoms with Gasteiger partial charge in [0, 0.05) is 0 Å². The quantitative estimate of drug-likeness (QED) is 0.633. The normalized spacial score (nSPS) is 28.0. The minimum Gasteiger partial charge on any atom is -0.0999 e. The van der Waals surface area contributed by atoms with Crippen LogP contribution in [-0.2, 0) is 6.42 Å². The Bertz CT molecular complexity index is 376. The number of hydrogen-bond acceptors (Lipinski definition) is 0. The fourth-order valence-corrected chi connectivity index (χ4v) is 3.26. The third kappa shape index (κ3) is 3.48. The smallest absolute Gasteiger partial charge is 0.0206 e. The molecule has 0 heteroatoms. The SMILES string of the molecule is C=C(C)[C@@H]1CC[C@@H](C)[C@H](CCc2ccccc2)C1. The van der Waals surface area contributed by atoms with Crippen molar-refractivity contribution in [2.45, 2.75) is 46.0 Å². The predicted octanol–water partition coefficient (Wildman–Crippen LogP) is 5.25. The van der Waals surface area contributed by atoms with E-state index in [-0.39, 0.29) is 0 Å². The third-order valence-corrected chi connectivity index (χ3v) is 4.71. The summed E-state index contributed by atoms with van der Waals surface area (Å²) in [7, 11) is 0. The van der Waals surface area contributed by atoms with Gasteiger partial charge in [-0.3, -0.25) is 0 Å². The van der Waals surface area contributed by atoms with Crippen molar-refractivity contribution in [2.24, 2.45) is 17.8 Å². The van der Waals surface area contributed by atoms with Crippen LogP contribution < -0.4 is 0 Å². The first-order chi connectivity index (χ1) is 8.66. The maximum atomic E-state index is 4.16. The van der Waals surface area contributed by atoms with Crippen LogP contribution in [0.25, 0.3) is 0 Å². The summed E-state index contributed by atoms with van der Waals surface area (Å²) < 4.78 is 0. The second kappa shape index (κ2) is 6.22. The van der Waals surface area contributed by atoms with Gasteiger partial charge in [-0.25, -0.2) is 0 Å². The van der Waals surface area contributed by atoms with E-state index < -0.39 is 0 Å². The molecule has 1 fully saturated rings. The van der Waals surface area contributed by atoms with E-state index in [4.69, 9.17) is 0 Å². The maximum Gasteiger partial charge on any atom is -0.0206 e. The molecule has 1 aliphatic rings. The van der Waals surface area contributed by atoms with Crippen molar-refractivity contribution < 1.29 is 0 Å². The molecule has 98 valence electrons. The molecule has 0 radical (unpaired) electrons. The van der Waals surface area contributed by atoms with Crippen molar-refractivity contribution in [3.05, 3.63) is 48.0 Å². The first-order valence-corrected chi connectivity index (χ1v) is 7.36. The summed E-state index contributed by atoms with van der Waals surface area (Å²) in [5.41, 5.74) is 2.88. The molecular weight excluding hydrogens is 216 g/mol. The lowest BCUT2D eigenvalue weighted by Gasteiger charge is -2.34. The van der Waals surface area contributed by atoms with Crippen molar-refractivity contribution in [2.75, 3.05) is 0 Å². The van der Waals surface area contributed by atoms with Crippen molar-refractivity contribution in [1.82, 2.24) is 0 Å². The molecule has 0 N–H and O–H groups in total. The van der Waals surface area contributed by atoms with Gasteiger partial charge in [-0.1, -0.05) is 49.4 Å². The van der Waals surface area contributed by atoms with Crippen LogP contribution in [0.15, 0.2) is 42.5 Å². The van der Waals surface area contributed by atoms with Crippen LogP contribution in [0, 0.1) is 17.8 Å². The van der Waals surface area contributed by atoms with Crippen LogP contribution in [0.5, 0.6) is 0 Å². The molecule has 0 aliphatic heterocycles. The van der Waals surface area contributed by atoms with E-state index in [0.29, 0.717) is 0 Å². The van der Waals surface area contributed by atoms with E-state index in [1.54, 1.807) is 0 Å². The minimum absolute atomic E-state index is 0.780. The number of allylic oxidation sites excluding steroid dienone is 1. The molecule has 1 aromatic carbocycles. The van der Waals surface area contributed by atoms with Crippen molar-refractivity contribution in [3.63, 3.8) is 0 Å². The topological polar surface area (TPSA) is 0 Å². The fraction of sp³-hybridized carbons (Fsp3) is 0.556. The molecule has 0 aromatic heterocycles. The molecule has 0 amide bonds. The van der Waals surface area contributed by atoms with Crippen LogP contribution in [-0.4, -0.2) is 0 Å². The Kier molecular flexibility index (Phi) is 4.63. The molecule has 0 nitrogen and oxygen atoms in total. The molecule has 0 saturated heterocycles. The van der Waals surface area contributed by atoms with Crippen LogP contribution in [0.4, 0.5) is 0 Å². The predicted molar refractivity (Wildman–Crippen MR) is 79.6 cm³/mol. The molecule has 0 heterocycles. The van der Waals surface area contributed by atoms with Crippen molar-refractivity contribution in [3.8, 4) is 0 Å². The average Bonchev–Trinajstić information content (AvgIpc) is 2.38. The largest absolute Gasteiger partial charge is 0.0999 e. The lowest BCUT2D eigenvalue weighted by molar-refractivity contribution is 0.201. The Balaban J connectivity index is 1.89. The Labute approximate surface area is 112 Å². The van der Waals surface area contributed by atoms with Gasteiger partial charge in [0.2, 0.25) is 0 Å². The highest BCUT2D eigenvalue weighted by Gasteiger charge is 2.27. The molecule has 1 aromatic rings. The van der Waals surface area contributed by atoms with Crippen molar-refractivity contribution >= 4 is 0 Å². The zero-order valence-corrected chi connectivity index (χ0v) is 11.9. The first-order valence-electron chi connectivity index (χ1n) is 7.36. The van der Waals surface area contributed by atoms with Crippen LogP contribution in [0.3, 0.4) is 0 Å². The summed E-state index contributed by atoms with van der Waals surface area (Å²) in [6, 6.07) is 10.9. The molecular formula is C18H26. The van der Waals surface area contributed by atoms with E-state index >= 15 is 0 Å². The van der Waals surface area contributed by atoms with Crippen LogP contribution in [0.1, 0.15) is 45.1 Å². The van der Waals surface area contributed by atoms with Gasteiger partial charge in [-0.15, -0.1) is 0 Å². The zero-order chi connectivity index (χ0) is 13.0. The highest BCUT2D eigenvalue weighted by molar-refractivity contribution is 5.14. The van der Waals surface area contributed by atoms with Gasteiger partial charge in [0.05, 0.1) is 0 Å². The molecule has 0 bridgehead atoms. The Morgan fingerprint density at radius 1 is 1.22 bits per heavy atom. The summed E-state index contributed by atoms with van der Waals surface area (Å²) in [6.07, 6.45) is 6.69. The summed E-state index contributed by atoms with van der Waals surface area (Å²) in [5, 5.41) is 0. The number of aryl methyl sites for hydroxylation is 1. The second-order valence-electron chi connectivity index (χ2n) is 6.12. The van der Waals surface area contributed by atoms with Gasteiger partial charge >= 0.3 is 0 Å². The first kappa shape index (κ1) is 13.4. The summed E-state index contributed by atoms with van der Waals surface area (Å²) in [4.78, 5) is 0. The zero-order valence-electron chi connectivity index (χ0n) is 11.9. The number of hydrogen-bond donors (Lipinski definition) is 0. The summed E-state index contributed by atoms with van der Waals surface area (Å²) in [5.74, 6) is 2.56. The molecule has 1 aliphatic carbocycles.